The molecule has 1 saturated carbocycles. The molecule has 2 aliphatic rings. The van der Waals surface area contributed by atoms with Gasteiger partial charge in [-0.3, -0.25) is 0 Å². The molecule has 0 atom stereocenters. The van der Waals surface area contributed by atoms with Crippen LogP contribution in [0.2, 0.25) is 0 Å². The molecule has 0 amide bonds. The Hall–Kier alpha value is -0.940. The van der Waals surface area contributed by atoms with Gasteiger partial charge < -0.3 is 4.90 Å². The summed E-state index contributed by atoms with van der Waals surface area (Å²) in [6, 6.07) is 0. The molecule has 64 valence electrons. The molecule has 12 heavy (non-hydrogen) atoms. The van der Waals surface area contributed by atoms with Gasteiger partial charge in [0, 0.05) is 18.8 Å². The lowest BCUT2D eigenvalue weighted by atomic mass is 10.1. The summed E-state index contributed by atoms with van der Waals surface area (Å²) in [5, 5.41) is 0. The highest BCUT2D eigenvalue weighted by Gasteiger charge is 2.26. The van der Waals surface area contributed by atoms with Crippen LogP contribution in [0.1, 0.15) is 26.7 Å². The number of likely N-dealkylation sites (N-methyl/N-ethyl adjacent to an activating group) is 1. The van der Waals surface area contributed by atoms with Crippen molar-refractivity contribution >= 4 is 0 Å². The molecule has 1 fully saturated rings. The van der Waals surface area contributed by atoms with Crippen molar-refractivity contribution in [2.45, 2.75) is 26.7 Å². The highest BCUT2D eigenvalue weighted by Crippen LogP contribution is 2.39. The van der Waals surface area contributed by atoms with E-state index in [4.69, 9.17) is 0 Å². The molecule has 0 aromatic rings. The van der Waals surface area contributed by atoms with Gasteiger partial charge in [-0.2, -0.15) is 0 Å². The van der Waals surface area contributed by atoms with E-state index in [0.717, 1.165) is 5.92 Å². The Bertz CT molecular complexity index is 299. The van der Waals surface area contributed by atoms with Gasteiger partial charge in [-0.05, 0) is 38.2 Å². The third-order valence-corrected chi connectivity index (χ3v) is 2.88. The van der Waals surface area contributed by atoms with Crippen molar-refractivity contribution in [2.75, 3.05) is 7.05 Å². The van der Waals surface area contributed by atoms with Crippen LogP contribution in [0.3, 0.4) is 0 Å². The average molecular weight is 161 g/mol. The summed E-state index contributed by atoms with van der Waals surface area (Å²) >= 11 is 0. The van der Waals surface area contributed by atoms with Gasteiger partial charge in [-0.1, -0.05) is 5.73 Å². The summed E-state index contributed by atoms with van der Waals surface area (Å²) < 4.78 is 0. The quantitative estimate of drug-likeness (QED) is 0.534. The standard InChI is InChI=1S/C11H15N/c1-8-4-7-11(12(8)3)9(2)10-5-6-10/h7,10H,5-6H2,1-3H3/b11-9+. The minimum absolute atomic E-state index is 0.867. The summed E-state index contributed by atoms with van der Waals surface area (Å²) in [6.07, 6.45) is 4.88. The van der Waals surface area contributed by atoms with E-state index >= 15 is 0 Å². The topological polar surface area (TPSA) is 3.24 Å². The number of nitrogens with zero attached hydrogens (tertiary/aromatic N) is 1. The molecule has 0 bridgehead atoms. The third kappa shape index (κ3) is 1.11. The van der Waals surface area contributed by atoms with Crippen LogP contribution >= 0.6 is 0 Å². The second-order valence-corrected chi connectivity index (χ2v) is 3.78. The molecule has 2 rings (SSSR count). The largest absolute Gasteiger partial charge is 0.341 e. The molecule has 1 aliphatic heterocycles. The first-order chi connectivity index (χ1) is 5.70. The van der Waals surface area contributed by atoms with Crippen LogP contribution < -0.4 is 0 Å². The Balaban J connectivity index is 2.26. The lowest BCUT2D eigenvalue weighted by Gasteiger charge is -2.17. The number of hydrogen-bond donors (Lipinski definition) is 0. The Kier molecular flexibility index (Phi) is 1.62. The first kappa shape index (κ1) is 7.70. The first-order valence-electron chi connectivity index (χ1n) is 4.58. The zero-order valence-electron chi connectivity index (χ0n) is 8.02. The van der Waals surface area contributed by atoms with Gasteiger partial charge in [-0.25, -0.2) is 0 Å². The van der Waals surface area contributed by atoms with Gasteiger partial charge in [0.2, 0.25) is 0 Å². The maximum atomic E-state index is 3.24. The minimum atomic E-state index is 0.867. The van der Waals surface area contributed by atoms with Crippen molar-refractivity contribution < 1.29 is 0 Å². The highest BCUT2D eigenvalue weighted by atomic mass is 15.1. The fourth-order valence-electron chi connectivity index (χ4n) is 1.65. The molecular weight excluding hydrogens is 146 g/mol. The maximum Gasteiger partial charge on any atom is 0.0575 e. The normalized spacial score (nSPS) is 26.2. The summed E-state index contributed by atoms with van der Waals surface area (Å²) in [5.41, 5.74) is 7.38. The molecule has 0 radical (unpaired) electrons. The van der Waals surface area contributed by atoms with Crippen LogP contribution in [0.5, 0.6) is 0 Å². The molecule has 0 saturated heterocycles. The Morgan fingerprint density at radius 2 is 2.25 bits per heavy atom. The summed E-state index contributed by atoms with van der Waals surface area (Å²) in [6.45, 7) is 4.35. The molecule has 1 heterocycles. The van der Waals surface area contributed by atoms with E-state index in [2.05, 4.69) is 37.6 Å². The molecule has 0 unspecified atom stereocenters. The van der Waals surface area contributed by atoms with Gasteiger partial charge in [0.25, 0.3) is 0 Å². The van der Waals surface area contributed by atoms with Gasteiger partial charge >= 0.3 is 0 Å². The number of rotatable bonds is 1. The van der Waals surface area contributed by atoms with Crippen molar-refractivity contribution in [3.8, 4) is 0 Å². The van der Waals surface area contributed by atoms with E-state index in [-0.39, 0.29) is 0 Å². The smallest absolute Gasteiger partial charge is 0.0575 e. The SMILES string of the molecule is CC1=C=C/C(=C(/C)C2CC2)N1C. The predicted molar refractivity (Wildman–Crippen MR) is 50.5 cm³/mol. The van der Waals surface area contributed by atoms with Crippen molar-refractivity contribution in [3.05, 3.63) is 28.8 Å². The van der Waals surface area contributed by atoms with E-state index in [0.29, 0.717) is 0 Å². The average Bonchev–Trinajstić information content (AvgIpc) is 2.82. The van der Waals surface area contributed by atoms with E-state index in [1.165, 1.54) is 24.2 Å². The van der Waals surface area contributed by atoms with Crippen LogP contribution in [-0.4, -0.2) is 11.9 Å². The molecule has 0 spiro atoms. The molecular formula is C11H15N. The first-order valence-corrected chi connectivity index (χ1v) is 4.58. The van der Waals surface area contributed by atoms with E-state index in [1.807, 2.05) is 0 Å². The summed E-state index contributed by atoms with van der Waals surface area (Å²) in [4.78, 5) is 2.23. The van der Waals surface area contributed by atoms with Crippen LogP contribution in [0, 0.1) is 5.92 Å². The zero-order chi connectivity index (χ0) is 8.72. The van der Waals surface area contributed by atoms with Crippen LogP contribution in [0.4, 0.5) is 0 Å². The highest BCUT2D eigenvalue weighted by molar-refractivity contribution is 5.34. The second kappa shape index (κ2) is 2.53. The van der Waals surface area contributed by atoms with Crippen molar-refractivity contribution in [3.63, 3.8) is 0 Å². The molecule has 0 aromatic heterocycles. The monoisotopic (exact) mass is 161 g/mol. The van der Waals surface area contributed by atoms with E-state index < -0.39 is 0 Å². The molecule has 1 heteroatoms. The van der Waals surface area contributed by atoms with E-state index in [1.54, 1.807) is 5.57 Å². The predicted octanol–water partition coefficient (Wildman–Crippen LogP) is 2.67. The zero-order valence-corrected chi connectivity index (χ0v) is 8.02. The third-order valence-electron chi connectivity index (χ3n) is 2.88. The lowest BCUT2D eigenvalue weighted by molar-refractivity contribution is 0.540. The van der Waals surface area contributed by atoms with Gasteiger partial charge in [-0.15, -0.1) is 0 Å². The minimum Gasteiger partial charge on any atom is -0.341 e. The molecule has 0 aromatic carbocycles. The number of hydrogen-bond acceptors (Lipinski definition) is 1. The lowest BCUT2D eigenvalue weighted by Crippen LogP contribution is -2.12. The molecule has 0 N–H and O–H groups in total. The Labute approximate surface area is 74.1 Å². The number of allylic oxidation sites excluding steroid dienone is 2. The van der Waals surface area contributed by atoms with Crippen molar-refractivity contribution in [1.82, 2.24) is 4.90 Å². The molecule has 1 nitrogen and oxygen atoms in total. The fraction of sp³-hybridized carbons (Fsp3) is 0.545. The van der Waals surface area contributed by atoms with Gasteiger partial charge in [0.05, 0.1) is 5.70 Å². The van der Waals surface area contributed by atoms with Gasteiger partial charge in [0.15, 0.2) is 0 Å². The van der Waals surface area contributed by atoms with Crippen LogP contribution in [0.25, 0.3) is 0 Å². The maximum absolute atomic E-state index is 3.24. The van der Waals surface area contributed by atoms with E-state index in [9.17, 15) is 0 Å². The van der Waals surface area contributed by atoms with Crippen LogP contribution in [0.15, 0.2) is 28.8 Å². The Morgan fingerprint density at radius 3 is 2.67 bits per heavy atom. The van der Waals surface area contributed by atoms with Crippen LogP contribution in [-0.2, 0) is 0 Å². The fourth-order valence-corrected chi connectivity index (χ4v) is 1.65. The second-order valence-electron chi connectivity index (χ2n) is 3.78. The Morgan fingerprint density at radius 1 is 1.58 bits per heavy atom. The van der Waals surface area contributed by atoms with Gasteiger partial charge in [0.1, 0.15) is 0 Å². The van der Waals surface area contributed by atoms with Crippen molar-refractivity contribution in [1.29, 1.82) is 0 Å². The summed E-state index contributed by atoms with van der Waals surface area (Å²) in [7, 11) is 2.12. The summed E-state index contributed by atoms with van der Waals surface area (Å²) in [5.74, 6) is 0.867. The van der Waals surface area contributed by atoms with Crippen molar-refractivity contribution in [2.24, 2.45) is 5.92 Å². The molecule has 1 aliphatic carbocycles.